The van der Waals surface area contributed by atoms with E-state index in [4.69, 9.17) is 6.42 Å². The summed E-state index contributed by atoms with van der Waals surface area (Å²) in [6, 6.07) is 8.66. The first-order valence-electron chi connectivity index (χ1n) is 9.07. The molecule has 3 aromatic rings. The zero-order valence-electron chi connectivity index (χ0n) is 15.4. The van der Waals surface area contributed by atoms with Crippen LogP contribution in [0.1, 0.15) is 28.9 Å². The Labute approximate surface area is 166 Å². The van der Waals surface area contributed by atoms with Gasteiger partial charge in [0.05, 0.1) is 23.3 Å². The number of terminal acetylenes is 1. The number of rotatable bonds is 3. The zero-order chi connectivity index (χ0) is 20.4. The average Bonchev–Trinajstić information content (AvgIpc) is 3.19. The Kier molecular flexibility index (Phi) is 4.80. The molecule has 4 heterocycles. The van der Waals surface area contributed by atoms with E-state index in [-0.39, 0.29) is 37.5 Å². The van der Waals surface area contributed by atoms with Gasteiger partial charge in [-0.2, -0.15) is 5.10 Å². The number of alkyl halides is 2. The number of carbonyl (C=O) groups excluding carboxylic acids is 1. The Morgan fingerprint density at radius 2 is 1.97 bits per heavy atom. The second-order valence-corrected chi connectivity index (χ2v) is 6.76. The van der Waals surface area contributed by atoms with Crippen LogP contribution >= 0.6 is 0 Å². The highest BCUT2D eigenvalue weighted by atomic mass is 19.3. The van der Waals surface area contributed by atoms with Crippen LogP contribution in [0.4, 0.5) is 8.78 Å². The molecule has 1 amide bonds. The van der Waals surface area contributed by atoms with E-state index in [1.807, 2.05) is 0 Å². The van der Waals surface area contributed by atoms with Crippen LogP contribution in [-0.2, 0) is 0 Å². The first-order valence-corrected chi connectivity index (χ1v) is 9.07. The summed E-state index contributed by atoms with van der Waals surface area (Å²) in [4.78, 5) is 22.7. The molecule has 1 fully saturated rings. The summed E-state index contributed by atoms with van der Waals surface area (Å²) in [6.45, 7) is -0.00787. The van der Waals surface area contributed by atoms with Gasteiger partial charge in [-0.3, -0.25) is 14.8 Å². The maximum Gasteiger partial charge on any atom is 0.274 e. The predicted octanol–water partition coefficient (Wildman–Crippen LogP) is 3.18. The first-order chi connectivity index (χ1) is 14.0. The van der Waals surface area contributed by atoms with Gasteiger partial charge in [0.2, 0.25) is 0 Å². The fourth-order valence-electron chi connectivity index (χ4n) is 3.17. The molecule has 6 nitrogen and oxygen atoms in total. The molecule has 1 aliphatic heterocycles. The average molecular weight is 393 g/mol. The van der Waals surface area contributed by atoms with Crippen LogP contribution in [0.15, 0.2) is 48.9 Å². The van der Waals surface area contributed by atoms with Crippen LogP contribution in [0.3, 0.4) is 0 Å². The zero-order valence-corrected chi connectivity index (χ0v) is 15.4. The molecule has 0 aromatic carbocycles. The number of pyridine rings is 2. The van der Waals surface area contributed by atoms with Gasteiger partial charge in [0.15, 0.2) is 5.69 Å². The van der Waals surface area contributed by atoms with Gasteiger partial charge in [0.1, 0.15) is 0 Å². The fraction of sp³-hybridized carbons (Fsp3) is 0.238. The van der Waals surface area contributed by atoms with Crippen LogP contribution in [0.5, 0.6) is 0 Å². The van der Waals surface area contributed by atoms with Gasteiger partial charge in [-0.15, -0.1) is 6.42 Å². The van der Waals surface area contributed by atoms with E-state index < -0.39 is 5.92 Å². The highest BCUT2D eigenvalue weighted by Gasteiger charge is 2.36. The lowest BCUT2D eigenvalue weighted by atomic mass is 10.1. The van der Waals surface area contributed by atoms with Crippen molar-refractivity contribution in [1.29, 1.82) is 0 Å². The van der Waals surface area contributed by atoms with E-state index in [0.717, 1.165) is 0 Å². The Hall–Kier alpha value is -3.60. The highest BCUT2D eigenvalue weighted by Crippen LogP contribution is 2.29. The quantitative estimate of drug-likeness (QED) is 0.641. The Bertz CT molecular complexity index is 1060. The van der Waals surface area contributed by atoms with E-state index in [1.165, 1.54) is 4.90 Å². The molecule has 0 radical (unpaired) electrons. The number of nitrogens with zero attached hydrogens (tertiary/aromatic N) is 5. The molecule has 29 heavy (non-hydrogen) atoms. The van der Waals surface area contributed by atoms with Crippen molar-refractivity contribution in [2.45, 2.75) is 18.8 Å². The van der Waals surface area contributed by atoms with E-state index >= 15 is 0 Å². The minimum Gasteiger partial charge on any atom is -0.337 e. The third kappa shape index (κ3) is 3.85. The maximum absolute atomic E-state index is 13.4. The molecule has 0 atom stereocenters. The van der Waals surface area contributed by atoms with Gasteiger partial charge < -0.3 is 4.90 Å². The van der Waals surface area contributed by atoms with Crippen LogP contribution in [0, 0.1) is 12.3 Å². The van der Waals surface area contributed by atoms with Crippen molar-refractivity contribution in [3.05, 3.63) is 60.2 Å². The lowest BCUT2D eigenvalue weighted by Crippen LogP contribution is -2.42. The molecule has 0 unspecified atom stereocenters. The molecule has 1 aliphatic rings. The molecule has 4 rings (SSSR count). The van der Waals surface area contributed by atoms with Crippen molar-refractivity contribution in [2.75, 3.05) is 13.1 Å². The highest BCUT2D eigenvalue weighted by molar-refractivity contribution is 5.93. The summed E-state index contributed by atoms with van der Waals surface area (Å²) >= 11 is 0. The lowest BCUT2D eigenvalue weighted by molar-refractivity contribution is -0.0495. The monoisotopic (exact) mass is 393 g/mol. The minimum atomic E-state index is -2.72. The van der Waals surface area contributed by atoms with Crippen molar-refractivity contribution in [2.24, 2.45) is 0 Å². The number of hydrogen-bond acceptors (Lipinski definition) is 4. The van der Waals surface area contributed by atoms with E-state index in [0.29, 0.717) is 22.6 Å². The number of likely N-dealkylation sites (tertiary alicyclic amines) is 1. The lowest BCUT2D eigenvalue weighted by Gasteiger charge is -2.31. The van der Waals surface area contributed by atoms with E-state index in [9.17, 15) is 13.6 Å². The van der Waals surface area contributed by atoms with Gasteiger partial charge in [0, 0.05) is 43.9 Å². The van der Waals surface area contributed by atoms with Crippen molar-refractivity contribution in [3.63, 3.8) is 0 Å². The second-order valence-electron chi connectivity index (χ2n) is 6.76. The summed E-state index contributed by atoms with van der Waals surface area (Å²) in [5, 5.41) is 4.43. The molecule has 1 saturated heterocycles. The van der Waals surface area contributed by atoms with Gasteiger partial charge in [-0.1, -0.05) is 5.92 Å². The molecule has 0 aliphatic carbocycles. The number of piperidine rings is 1. The molecular formula is C21H17F2N5O. The van der Waals surface area contributed by atoms with Crippen molar-refractivity contribution in [1.82, 2.24) is 24.6 Å². The molecular weight excluding hydrogens is 376 g/mol. The van der Waals surface area contributed by atoms with Gasteiger partial charge >= 0.3 is 0 Å². The first kappa shape index (κ1) is 18.7. The molecule has 8 heteroatoms. The van der Waals surface area contributed by atoms with E-state index in [1.54, 1.807) is 53.6 Å². The van der Waals surface area contributed by atoms with Crippen LogP contribution in [0.2, 0.25) is 0 Å². The molecule has 0 N–H and O–H groups in total. The van der Waals surface area contributed by atoms with Crippen LogP contribution in [-0.4, -0.2) is 49.6 Å². The normalized spacial score (nSPS) is 15.7. The second kappa shape index (κ2) is 7.43. The van der Waals surface area contributed by atoms with Gasteiger partial charge in [-0.05, 0) is 30.3 Å². The van der Waals surface area contributed by atoms with Crippen LogP contribution in [0.25, 0.3) is 17.1 Å². The maximum atomic E-state index is 13.4. The Morgan fingerprint density at radius 3 is 2.59 bits per heavy atom. The molecule has 0 bridgehead atoms. The van der Waals surface area contributed by atoms with Crippen molar-refractivity contribution in [3.8, 4) is 29.4 Å². The molecule has 3 aromatic heterocycles. The summed E-state index contributed by atoms with van der Waals surface area (Å²) in [6.07, 6.45) is 9.50. The topological polar surface area (TPSA) is 63.9 Å². The number of halogens is 2. The largest absolute Gasteiger partial charge is 0.337 e. The van der Waals surface area contributed by atoms with Gasteiger partial charge in [0.25, 0.3) is 11.8 Å². The molecule has 0 saturated carbocycles. The molecule has 146 valence electrons. The molecule has 0 spiro atoms. The summed E-state index contributed by atoms with van der Waals surface area (Å²) in [5.41, 5.74) is 2.59. The number of carbonyl (C=O) groups is 1. The fourth-order valence-corrected chi connectivity index (χ4v) is 3.17. The van der Waals surface area contributed by atoms with Crippen molar-refractivity contribution < 1.29 is 13.6 Å². The Morgan fingerprint density at radius 1 is 1.17 bits per heavy atom. The Balaban J connectivity index is 1.72. The summed E-state index contributed by atoms with van der Waals surface area (Å²) < 4.78 is 28.4. The van der Waals surface area contributed by atoms with E-state index in [2.05, 4.69) is 21.0 Å². The summed E-state index contributed by atoms with van der Waals surface area (Å²) in [5.74, 6) is -0.599. The minimum absolute atomic E-state index is 0.00393. The third-order valence-corrected chi connectivity index (χ3v) is 4.79. The number of amides is 1. The third-order valence-electron chi connectivity index (χ3n) is 4.79. The SMILES string of the molecule is C#Cc1ccc(-c2cc(C(=O)N3CCC(F)(F)CC3)nn2-c2cccnc2)nc1. The number of hydrogen-bond donors (Lipinski definition) is 0. The smallest absolute Gasteiger partial charge is 0.274 e. The predicted molar refractivity (Wildman–Crippen MR) is 103 cm³/mol. The standard InChI is InChI=1S/C21H17F2N5O/c1-2-15-5-6-17(25-13-15)19-12-18(26-28(19)16-4-3-9-24-14-16)20(29)27-10-7-21(22,23)8-11-27/h1,3-6,9,12-14H,7-8,10-11H2. The summed E-state index contributed by atoms with van der Waals surface area (Å²) in [7, 11) is 0. The van der Waals surface area contributed by atoms with Crippen LogP contribution < -0.4 is 0 Å². The van der Waals surface area contributed by atoms with Gasteiger partial charge in [-0.25, -0.2) is 13.5 Å². The number of aromatic nitrogens is 4. The van der Waals surface area contributed by atoms with Crippen molar-refractivity contribution >= 4 is 5.91 Å².